The van der Waals surface area contributed by atoms with Crippen molar-refractivity contribution in [2.75, 3.05) is 6.61 Å². The summed E-state index contributed by atoms with van der Waals surface area (Å²) in [5.74, 6) is -0.317. The van der Waals surface area contributed by atoms with Crippen molar-refractivity contribution in [2.45, 2.75) is 104 Å². The Labute approximate surface area is 177 Å². The normalized spacial score (nSPS) is 13.0. The molecule has 1 aromatic rings. The molecule has 0 aliphatic carbocycles. The van der Waals surface area contributed by atoms with Gasteiger partial charge in [-0.05, 0) is 43.2 Å². The van der Waals surface area contributed by atoms with E-state index in [0.717, 1.165) is 25.7 Å². The van der Waals surface area contributed by atoms with Crippen LogP contribution in [0.5, 0.6) is 0 Å². The molecule has 0 radical (unpaired) electrons. The minimum Gasteiger partial charge on any atom is -0.466 e. The summed E-state index contributed by atoms with van der Waals surface area (Å²) in [7, 11) is 0. The van der Waals surface area contributed by atoms with E-state index in [2.05, 4.69) is 43.4 Å². The number of ether oxygens (including phenoxy) is 1. The molecule has 0 spiro atoms. The molecule has 164 valence electrons. The van der Waals surface area contributed by atoms with Crippen molar-refractivity contribution >= 4 is 11.9 Å². The van der Waals surface area contributed by atoms with E-state index in [1.165, 1.54) is 56.6 Å². The first kappa shape index (κ1) is 25.2. The molecular weight excluding hydrogens is 362 g/mol. The minimum absolute atomic E-state index is 0.0380. The van der Waals surface area contributed by atoms with E-state index in [1.54, 1.807) is 6.92 Å². The molecule has 1 aromatic carbocycles. The summed E-state index contributed by atoms with van der Waals surface area (Å²) in [6.45, 7) is 7.63. The summed E-state index contributed by atoms with van der Waals surface area (Å²) in [6, 6.07) is 8.91. The summed E-state index contributed by atoms with van der Waals surface area (Å²) in [5, 5.41) is 3.12. The zero-order valence-corrected chi connectivity index (χ0v) is 19.0. The van der Waals surface area contributed by atoms with Gasteiger partial charge in [-0.3, -0.25) is 9.59 Å². The number of unbranched alkanes of at least 4 members (excludes halogenated alkanes) is 5. The summed E-state index contributed by atoms with van der Waals surface area (Å²) >= 11 is 0. The SMILES string of the molecule is CCCCCCCCc1ccc(CCC(CC)(CCOC(C)=O)NC(C)=O)cc1. The first-order valence-electron chi connectivity index (χ1n) is 11.4. The number of amides is 1. The second-order valence-electron chi connectivity index (χ2n) is 8.24. The molecule has 29 heavy (non-hydrogen) atoms. The third kappa shape index (κ3) is 11.1. The van der Waals surface area contributed by atoms with Crippen LogP contribution in [0.2, 0.25) is 0 Å². The van der Waals surface area contributed by atoms with Crippen molar-refractivity contribution < 1.29 is 14.3 Å². The molecule has 0 bridgehead atoms. The molecule has 4 nitrogen and oxygen atoms in total. The lowest BCUT2D eigenvalue weighted by molar-refractivity contribution is -0.141. The fraction of sp³-hybridized carbons (Fsp3) is 0.680. The topological polar surface area (TPSA) is 55.4 Å². The maximum Gasteiger partial charge on any atom is 0.302 e. The molecule has 0 saturated carbocycles. The molecular formula is C25H41NO3. The van der Waals surface area contributed by atoms with Crippen molar-refractivity contribution in [2.24, 2.45) is 0 Å². The van der Waals surface area contributed by atoms with Gasteiger partial charge in [-0.1, -0.05) is 70.2 Å². The molecule has 0 heterocycles. The van der Waals surface area contributed by atoms with Gasteiger partial charge in [0.25, 0.3) is 0 Å². The Morgan fingerprint density at radius 2 is 1.45 bits per heavy atom. The Balaban J connectivity index is 2.53. The summed E-state index contributed by atoms with van der Waals surface area (Å²) in [5.41, 5.74) is 2.36. The van der Waals surface area contributed by atoms with Crippen LogP contribution in [0.1, 0.15) is 96.6 Å². The van der Waals surface area contributed by atoms with E-state index in [9.17, 15) is 9.59 Å². The van der Waals surface area contributed by atoms with E-state index in [1.807, 2.05) is 0 Å². The fourth-order valence-electron chi connectivity index (χ4n) is 3.82. The van der Waals surface area contributed by atoms with Gasteiger partial charge in [0.15, 0.2) is 0 Å². The van der Waals surface area contributed by atoms with E-state index < -0.39 is 0 Å². The van der Waals surface area contributed by atoms with Crippen LogP contribution in [-0.4, -0.2) is 24.0 Å². The van der Waals surface area contributed by atoms with Gasteiger partial charge in [-0.25, -0.2) is 0 Å². The zero-order chi connectivity index (χ0) is 21.5. The third-order valence-electron chi connectivity index (χ3n) is 5.74. The lowest BCUT2D eigenvalue weighted by Crippen LogP contribution is -2.48. The molecule has 4 heteroatoms. The number of benzene rings is 1. The predicted molar refractivity (Wildman–Crippen MR) is 120 cm³/mol. The van der Waals surface area contributed by atoms with Crippen molar-refractivity contribution in [1.29, 1.82) is 0 Å². The van der Waals surface area contributed by atoms with Crippen LogP contribution >= 0.6 is 0 Å². The highest BCUT2D eigenvalue weighted by atomic mass is 16.5. The number of nitrogens with one attached hydrogen (secondary N) is 1. The van der Waals surface area contributed by atoms with Crippen molar-refractivity contribution in [3.05, 3.63) is 35.4 Å². The average molecular weight is 404 g/mol. The monoisotopic (exact) mass is 403 g/mol. The molecule has 1 unspecified atom stereocenters. The second kappa shape index (κ2) is 14.2. The van der Waals surface area contributed by atoms with Gasteiger partial charge in [0, 0.05) is 25.8 Å². The van der Waals surface area contributed by atoms with Crippen LogP contribution < -0.4 is 5.32 Å². The number of rotatable bonds is 15. The lowest BCUT2D eigenvalue weighted by atomic mass is 9.85. The van der Waals surface area contributed by atoms with Crippen molar-refractivity contribution in [1.82, 2.24) is 5.32 Å². The van der Waals surface area contributed by atoms with Gasteiger partial charge >= 0.3 is 5.97 Å². The minimum atomic E-state index is -0.335. The summed E-state index contributed by atoms with van der Waals surface area (Å²) in [6.07, 6.45) is 12.3. The molecule has 0 aliphatic rings. The predicted octanol–water partition coefficient (Wildman–Crippen LogP) is 5.76. The number of carbonyl (C=O) groups excluding carboxylic acids is 2. The molecule has 1 N–H and O–H groups in total. The Kier molecular flexibility index (Phi) is 12.3. The number of aryl methyl sites for hydroxylation is 2. The lowest BCUT2D eigenvalue weighted by Gasteiger charge is -2.33. The first-order valence-corrected chi connectivity index (χ1v) is 11.4. The van der Waals surface area contributed by atoms with E-state index in [-0.39, 0.29) is 17.4 Å². The van der Waals surface area contributed by atoms with Gasteiger partial charge in [-0.2, -0.15) is 0 Å². The summed E-state index contributed by atoms with van der Waals surface area (Å²) in [4.78, 5) is 22.8. The zero-order valence-electron chi connectivity index (χ0n) is 19.0. The highest BCUT2D eigenvalue weighted by Crippen LogP contribution is 2.23. The molecule has 0 fully saturated rings. The van der Waals surface area contributed by atoms with Crippen LogP contribution in [0.4, 0.5) is 0 Å². The number of hydrogen-bond acceptors (Lipinski definition) is 3. The standard InChI is InChI=1S/C25H41NO3/c1-5-7-8-9-10-11-12-23-13-15-24(16-14-23)17-18-25(6-2,26-21(3)27)19-20-29-22(4)28/h13-16H,5-12,17-20H2,1-4H3,(H,26,27). The highest BCUT2D eigenvalue weighted by molar-refractivity contribution is 5.73. The van der Waals surface area contributed by atoms with Crippen molar-refractivity contribution in [3.63, 3.8) is 0 Å². The Morgan fingerprint density at radius 3 is 2.00 bits per heavy atom. The number of hydrogen-bond donors (Lipinski definition) is 1. The van der Waals surface area contributed by atoms with Crippen LogP contribution in [0.15, 0.2) is 24.3 Å². The number of carbonyl (C=O) groups is 2. The van der Waals surface area contributed by atoms with Crippen LogP contribution in [0.25, 0.3) is 0 Å². The van der Waals surface area contributed by atoms with Gasteiger partial charge in [0.2, 0.25) is 5.91 Å². The second-order valence-corrected chi connectivity index (χ2v) is 8.24. The Morgan fingerprint density at radius 1 is 0.862 bits per heavy atom. The first-order chi connectivity index (χ1) is 13.9. The van der Waals surface area contributed by atoms with Gasteiger partial charge in [0.1, 0.15) is 0 Å². The van der Waals surface area contributed by atoms with Crippen LogP contribution in [0, 0.1) is 0 Å². The van der Waals surface area contributed by atoms with Crippen molar-refractivity contribution in [3.8, 4) is 0 Å². The van der Waals surface area contributed by atoms with Crippen LogP contribution in [0.3, 0.4) is 0 Å². The smallest absolute Gasteiger partial charge is 0.302 e. The summed E-state index contributed by atoms with van der Waals surface area (Å²) < 4.78 is 5.13. The molecule has 0 saturated heterocycles. The van der Waals surface area contributed by atoms with Gasteiger partial charge < -0.3 is 10.1 Å². The van der Waals surface area contributed by atoms with E-state index in [0.29, 0.717) is 13.0 Å². The maximum absolute atomic E-state index is 11.7. The molecule has 0 aliphatic heterocycles. The van der Waals surface area contributed by atoms with E-state index in [4.69, 9.17) is 4.74 Å². The third-order valence-corrected chi connectivity index (χ3v) is 5.74. The largest absolute Gasteiger partial charge is 0.466 e. The number of esters is 1. The maximum atomic E-state index is 11.7. The Bertz CT molecular complexity index is 597. The Hall–Kier alpha value is -1.84. The molecule has 1 rings (SSSR count). The fourth-order valence-corrected chi connectivity index (χ4v) is 3.82. The van der Waals surface area contributed by atoms with Gasteiger partial charge in [0.05, 0.1) is 6.61 Å². The molecule has 1 atom stereocenters. The molecule has 0 aromatic heterocycles. The van der Waals surface area contributed by atoms with Gasteiger partial charge in [-0.15, -0.1) is 0 Å². The van der Waals surface area contributed by atoms with E-state index >= 15 is 0 Å². The average Bonchev–Trinajstić information content (AvgIpc) is 2.69. The molecule has 1 amide bonds. The van der Waals surface area contributed by atoms with Crippen LogP contribution in [-0.2, 0) is 27.2 Å². The highest BCUT2D eigenvalue weighted by Gasteiger charge is 2.29. The quantitative estimate of drug-likeness (QED) is 0.299.